The van der Waals surface area contributed by atoms with Gasteiger partial charge in [0.2, 0.25) is 0 Å². The zero-order valence-electron chi connectivity index (χ0n) is 11.8. The third-order valence-electron chi connectivity index (χ3n) is 2.91. The fraction of sp³-hybridized carbons (Fsp3) is 0.286. The van der Waals surface area contributed by atoms with Crippen molar-refractivity contribution in [2.24, 2.45) is 0 Å². The second kappa shape index (κ2) is 6.53. The SMILES string of the molecule is COC(=O)c1cc(NCCc2csc(C)n2)c(F)cc1N. The molecule has 0 unspecified atom stereocenters. The number of nitrogens with zero attached hydrogens (tertiary/aromatic N) is 1. The van der Waals surface area contributed by atoms with Gasteiger partial charge in [0.15, 0.2) is 0 Å². The molecule has 2 rings (SSSR count). The lowest BCUT2D eigenvalue weighted by Crippen LogP contribution is -2.11. The number of anilines is 2. The second-order valence-corrected chi connectivity index (χ2v) is 5.51. The van der Waals surface area contributed by atoms with Crippen molar-refractivity contribution in [3.05, 3.63) is 39.6 Å². The van der Waals surface area contributed by atoms with Gasteiger partial charge in [-0.15, -0.1) is 11.3 Å². The number of rotatable bonds is 5. The number of nitrogens with one attached hydrogen (secondary N) is 1. The molecule has 0 aliphatic heterocycles. The fourth-order valence-corrected chi connectivity index (χ4v) is 2.51. The van der Waals surface area contributed by atoms with Crippen LogP contribution in [0.15, 0.2) is 17.5 Å². The van der Waals surface area contributed by atoms with Crippen molar-refractivity contribution in [1.82, 2.24) is 4.98 Å². The van der Waals surface area contributed by atoms with Gasteiger partial charge in [0.05, 0.1) is 29.1 Å². The summed E-state index contributed by atoms with van der Waals surface area (Å²) in [6, 6.07) is 2.48. The summed E-state index contributed by atoms with van der Waals surface area (Å²) in [6.07, 6.45) is 0.668. The van der Waals surface area contributed by atoms with Gasteiger partial charge in [0, 0.05) is 24.0 Å². The van der Waals surface area contributed by atoms with E-state index in [-0.39, 0.29) is 16.9 Å². The minimum Gasteiger partial charge on any atom is -0.465 e. The number of esters is 1. The van der Waals surface area contributed by atoms with Gasteiger partial charge in [-0.25, -0.2) is 14.2 Å². The van der Waals surface area contributed by atoms with Crippen molar-refractivity contribution < 1.29 is 13.9 Å². The standard InChI is InChI=1S/C14H16FN3O2S/c1-8-18-9(7-21-8)3-4-17-13-5-10(14(19)20-2)12(16)6-11(13)15/h5-7,17H,3-4,16H2,1-2H3. The number of methoxy groups -OCH3 is 1. The number of nitrogen functional groups attached to an aromatic ring is 1. The van der Waals surface area contributed by atoms with E-state index in [2.05, 4.69) is 15.0 Å². The summed E-state index contributed by atoms with van der Waals surface area (Å²) < 4.78 is 18.4. The molecule has 0 saturated carbocycles. The number of hydrogen-bond donors (Lipinski definition) is 2. The number of carbonyl (C=O) groups excluding carboxylic acids is 1. The van der Waals surface area contributed by atoms with Gasteiger partial charge >= 0.3 is 5.97 Å². The predicted molar refractivity (Wildman–Crippen MR) is 81.2 cm³/mol. The lowest BCUT2D eigenvalue weighted by atomic mass is 10.1. The van der Waals surface area contributed by atoms with Crippen molar-refractivity contribution in [2.45, 2.75) is 13.3 Å². The van der Waals surface area contributed by atoms with Crippen LogP contribution in [0.4, 0.5) is 15.8 Å². The van der Waals surface area contributed by atoms with Crippen molar-refractivity contribution in [2.75, 3.05) is 24.7 Å². The second-order valence-electron chi connectivity index (χ2n) is 4.45. The first-order valence-electron chi connectivity index (χ1n) is 6.33. The number of nitrogens with two attached hydrogens (primary N) is 1. The number of halogens is 1. The lowest BCUT2D eigenvalue weighted by molar-refractivity contribution is 0.0602. The van der Waals surface area contributed by atoms with Gasteiger partial charge in [-0.1, -0.05) is 0 Å². The Morgan fingerprint density at radius 2 is 2.29 bits per heavy atom. The molecule has 0 fully saturated rings. The highest BCUT2D eigenvalue weighted by Crippen LogP contribution is 2.23. The van der Waals surface area contributed by atoms with E-state index >= 15 is 0 Å². The molecule has 3 N–H and O–H groups in total. The van der Waals surface area contributed by atoms with Gasteiger partial charge in [-0.2, -0.15) is 0 Å². The van der Waals surface area contributed by atoms with E-state index < -0.39 is 11.8 Å². The molecule has 5 nitrogen and oxygen atoms in total. The summed E-state index contributed by atoms with van der Waals surface area (Å²) in [5.41, 5.74) is 6.98. The van der Waals surface area contributed by atoms with Gasteiger partial charge in [0.25, 0.3) is 0 Å². The van der Waals surface area contributed by atoms with Crippen molar-refractivity contribution in [3.8, 4) is 0 Å². The Balaban J connectivity index is 2.07. The van der Waals surface area contributed by atoms with Crippen LogP contribution in [-0.4, -0.2) is 24.6 Å². The van der Waals surface area contributed by atoms with E-state index in [9.17, 15) is 9.18 Å². The predicted octanol–water partition coefficient (Wildman–Crippen LogP) is 2.61. The summed E-state index contributed by atoms with van der Waals surface area (Å²) in [4.78, 5) is 15.9. The van der Waals surface area contributed by atoms with E-state index in [1.165, 1.54) is 13.2 Å². The van der Waals surface area contributed by atoms with Crippen molar-refractivity contribution in [3.63, 3.8) is 0 Å². The number of aromatic nitrogens is 1. The van der Waals surface area contributed by atoms with Crippen LogP contribution in [0.5, 0.6) is 0 Å². The Hall–Kier alpha value is -2.15. The molecule has 1 heterocycles. The molecule has 1 aromatic carbocycles. The van der Waals surface area contributed by atoms with Crippen molar-refractivity contribution in [1.29, 1.82) is 0 Å². The number of carbonyl (C=O) groups is 1. The third-order valence-corrected chi connectivity index (χ3v) is 3.73. The fourth-order valence-electron chi connectivity index (χ4n) is 1.86. The maximum Gasteiger partial charge on any atom is 0.340 e. The normalized spacial score (nSPS) is 10.4. The first kappa shape index (κ1) is 15.2. The molecular formula is C14H16FN3O2S. The number of hydrogen-bond acceptors (Lipinski definition) is 6. The maximum atomic E-state index is 13.8. The molecule has 21 heavy (non-hydrogen) atoms. The van der Waals surface area contributed by atoms with Crippen LogP contribution >= 0.6 is 11.3 Å². The summed E-state index contributed by atoms with van der Waals surface area (Å²) >= 11 is 1.57. The van der Waals surface area contributed by atoms with Gasteiger partial charge in [-0.3, -0.25) is 0 Å². The molecule has 0 radical (unpaired) electrons. The Kier molecular flexibility index (Phi) is 4.74. The Morgan fingerprint density at radius 3 is 2.90 bits per heavy atom. The molecule has 1 aromatic heterocycles. The van der Waals surface area contributed by atoms with Gasteiger partial charge < -0.3 is 15.8 Å². The highest BCUT2D eigenvalue weighted by Gasteiger charge is 2.14. The molecule has 112 valence electrons. The third kappa shape index (κ3) is 3.69. The summed E-state index contributed by atoms with van der Waals surface area (Å²) in [6.45, 7) is 2.44. The summed E-state index contributed by atoms with van der Waals surface area (Å²) in [5, 5.41) is 5.91. The zero-order valence-corrected chi connectivity index (χ0v) is 12.6. The molecule has 0 atom stereocenters. The molecule has 0 spiro atoms. The minimum absolute atomic E-state index is 0.0556. The van der Waals surface area contributed by atoms with Crippen LogP contribution in [0.1, 0.15) is 21.1 Å². The summed E-state index contributed by atoms with van der Waals surface area (Å²) in [7, 11) is 1.25. The molecule has 0 bridgehead atoms. The molecule has 0 aliphatic carbocycles. The van der Waals surface area contributed by atoms with Crippen molar-refractivity contribution >= 4 is 28.7 Å². The smallest absolute Gasteiger partial charge is 0.340 e. The lowest BCUT2D eigenvalue weighted by Gasteiger charge is -2.10. The van der Waals surface area contributed by atoms with Crippen LogP contribution in [0.25, 0.3) is 0 Å². The van der Waals surface area contributed by atoms with Crippen LogP contribution in [0, 0.1) is 12.7 Å². The number of benzene rings is 1. The minimum atomic E-state index is -0.592. The van der Waals surface area contributed by atoms with Crippen LogP contribution < -0.4 is 11.1 Å². The van der Waals surface area contributed by atoms with Crippen LogP contribution in [0.2, 0.25) is 0 Å². The van der Waals surface area contributed by atoms with E-state index in [1.807, 2.05) is 12.3 Å². The molecule has 2 aromatic rings. The molecule has 0 saturated heterocycles. The van der Waals surface area contributed by atoms with E-state index in [1.54, 1.807) is 11.3 Å². The first-order valence-corrected chi connectivity index (χ1v) is 7.21. The van der Waals surface area contributed by atoms with E-state index in [0.717, 1.165) is 16.8 Å². The van der Waals surface area contributed by atoms with E-state index in [0.29, 0.717) is 13.0 Å². The highest BCUT2D eigenvalue weighted by molar-refractivity contribution is 7.09. The largest absolute Gasteiger partial charge is 0.465 e. The Morgan fingerprint density at radius 1 is 1.52 bits per heavy atom. The number of aryl methyl sites for hydroxylation is 1. The average molecular weight is 309 g/mol. The molecule has 0 aliphatic rings. The highest BCUT2D eigenvalue weighted by atomic mass is 32.1. The summed E-state index contributed by atoms with van der Waals surface area (Å²) in [5.74, 6) is -1.10. The monoisotopic (exact) mass is 309 g/mol. The number of ether oxygens (including phenoxy) is 1. The topological polar surface area (TPSA) is 77.2 Å². The molecule has 7 heteroatoms. The quantitative estimate of drug-likeness (QED) is 0.656. The first-order chi connectivity index (χ1) is 10.0. The Labute approximate surface area is 126 Å². The van der Waals surface area contributed by atoms with Crippen LogP contribution in [0.3, 0.4) is 0 Å². The Bertz CT molecular complexity index is 658. The molecular weight excluding hydrogens is 293 g/mol. The van der Waals surface area contributed by atoms with Gasteiger partial charge in [-0.05, 0) is 19.1 Å². The van der Waals surface area contributed by atoms with Crippen LogP contribution in [-0.2, 0) is 11.2 Å². The van der Waals surface area contributed by atoms with Gasteiger partial charge in [0.1, 0.15) is 5.82 Å². The maximum absolute atomic E-state index is 13.8. The van der Waals surface area contributed by atoms with E-state index in [4.69, 9.17) is 5.73 Å². The zero-order chi connectivity index (χ0) is 15.4. The average Bonchev–Trinajstić information content (AvgIpc) is 2.86. The number of thiazole rings is 1. The molecule has 0 amide bonds.